The summed E-state index contributed by atoms with van der Waals surface area (Å²) in [5.74, 6) is 0.630. The molecule has 0 saturated carbocycles. The van der Waals surface area contributed by atoms with Crippen LogP contribution in [-0.4, -0.2) is 45.7 Å². The van der Waals surface area contributed by atoms with E-state index in [0.29, 0.717) is 29.9 Å². The van der Waals surface area contributed by atoms with Gasteiger partial charge in [0.05, 0.1) is 23.3 Å². The van der Waals surface area contributed by atoms with Gasteiger partial charge in [-0.3, -0.25) is 9.10 Å². The zero-order valence-corrected chi connectivity index (χ0v) is 15.0. The molecular formula is C17H20N4O3S. The lowest BCUT2D eigenvalue weighted by Crippen LogP contribution is -2.25. The van der Waals surface area contributed by atoms with Gasteiger partial charge in [0.15, 0.2) is 0 Å². The number of amides is 1. The maximum Gasteiger partial charge on any atom is 0.255 e. The Morgan fingerprint density at radius 2 is 2.04 bits per heavy atom. The van der Waals surface area contributed by atoms with Crippen LogP contribution in [0.3, 0.4) is 0 Å². The minimum atomic E-state index is -3.27. The third-order valence-corrected chi connectivity index (χ3v) is 5.83. The van der Waals surface area contributed by atoms with Gasteiger partial charge in [0.25, 0.3) is 5.91 Å². The molecule has 0 aliphatic carbocycles. The second-order valence-electron chi connectivity index (χ2n) is 6.05. The van der Waals surface area contributed by atoms with Crippen LogP contribution in [-0.2, 0) is 10.0 Å². The molecule has 0 radical (unpaired) electrons. The first-order chi connectivity index (χ1) is 11.9. The Bertz CT molecular complexity index is 879. The molecule has 132 valence electrons. The first-order valence-corrected chi connectivity index (χ1v) is 9.53. The summed E-state index contributed by atoms with van der Waals surface area (Å²) in [6, 6.07) is 10.2. The number of carbonyl (C=O) groups excluding carboxylic acids is 1. The third-order valence-electron chi connectivity index (χ3n) is 3.96. The minimum absolute atomic E-state index is 0.146. The highest BCUT2D eigenvalue weighted by Gasteiger charge is 2.28. The molecule has 0 bridgehead atoms. The lowest BCUT2D eigenvalue weighted by molar-refractivity contribution is 0.102. The fourth-order valence-electron chi connectivity index (χ4n) is 2.66. The zero-order valence-electron chi connectivity index (χ0n) is 14.1. The van der Waals surface area contributed by atoms with Gasteiger partial charge in [-0.2, -0.15) is 0 Å². The molecule has 3 rings (SSSR count). The first-order valence-electron chi connectivity index (χ1n) is 7.92. The summed E-state index contributed by atoms with van der Waals surface area (Å²) >= 11 is 0. The highest BCUT2D eigenvalue weighted by atomic mass is 32.2. The van der Waals surface area contributed by atoms with Crippen LogP contribution in [0.1, 0.15) is 16.8 Å². The highest BCUT2D eigenvalue weighted by Crippen LogP contribution is 2.25. The van der Waals surface area contributed by atoms with Gasteiger partial charge in [0.2, 0.25) is 10.0 Å². The molecule has 1 aromatic heterocycles. The number of pyridine rings is 1. The van der Waals surface area contributed by atoms with Crippen molar-refractivity contribution in [3.05, 3.63) is 48.2 Å². The van der Waals surface area contributed by atoms with Gasteiger partial charge in [-0.25, -0.2) is 13.4 Å². The van der Waals surface area contributed by atoms with Crippen molar-refractivity contribution < 1.29 is 13.2 Å². The maximum absolute atomic E-state index is 12.4. The Morgan fingerprint density at radius 1 is 1.24 bits per heavy atom. The maximum atomic E-state index is 12.4. The number of hydrogen-bond donors (Lipinski definition) is 1. The van der Waals surface area contributed by atoms with E-state index >= 15 is 0 Å². The fraction of sp³-hybridized carbons (Fsp3) is 0.294. The number of hydrogen-bond acceptors (Lipinski definition) is 5. The summed E-state index contributed by atoms with van der Waals surface area (Å²) in [7, 11) is 0.507. The van der Waals surface area contributed by atoms with Crippen molar-refractivity contribution in [3.8, 4) is 0 Å². The molecule has 1 aliphatic heterocycles. The number of nitrogens with one attached hydrogen (secondary N) is 1. The summed E-state index contributed by atoms with van der Waals surface area (Å²) in [5, 5.41) is 2.77. The van der Waals surface area contributed by atoms with Gasteiger partial charge in [-0.15, -0.1) is 0 Å². The molecule has 1 aromatic carbocycles. The number of rotatable bonds is 4. The first kappa shape index (κ1) is 17.2. The molecular weight excluding hydrogens is 340 g/mol. The van der Waals surface area contributed by atoms with Crippen LogP contribution in [0, 0.1) is 0 Å². The van der Waals surface area contributed by atoms with E-state index in [2.05, 4.69) is 10.3 Å². The molecule has 0 spiro atoms. The average molecular weight is 360 g/mol. The second-order valence-corrected chi connectivity index (χ2v) is 8.06. The Hall–Kier alpha value is -2.61. The Balaban J connectivity index is 1.77. The van der Waals surface area contributed by atoms with Gasteiger partial charge in [0, 0.05) is 26.2 Å². The summed E-state index contributed by atoms with van der Waals surface area (Å²) in [5.41, 5.74) is 1.50. The van der Waals surface area contributed by atoms with Crippen LogP contribution in [0.15, 0.2) is 42.6 Å². The van der Waals surface area contributed by atoms with E-state index in [9.17, 15) is 13.2 Å². The third kappa shape index (κ3) is 3.74. The number of aromatic nitrogens is 1. The molecule has 1 fully saturated rings. The monoisotopic (exact) mass is 360 g/mol. The van der Waals surface area contributed by atoms with Crippen LogP contribution in [0.25, 0.3) is 0 Å². The molecule has 7 nitrogen and oxygen atoms in total. The standard InChI is InChI=1S/C17H20N4O3S/c1-20(2)16-8-7-14(12-18-16)19-17(22)13-5-3-6-15(11-13)21-9-4-10-25(21,23)24/h3,5-8,11-12H,4,9-10H2,1-2H3,(H,19,22). The molecule has 1 aliphatic rings. The summed E-state index contributed by atoms with van der Waals surface area (Å²) in [6.07, 6.45) is 2.19. The number of nitrogens with zero attached hydrogens (tertiary/aromatic N) is 3. The van der Waals surface area contributed by atoms with Crippen LogP contribution < -0.4 is 14.5 Å². The molecule has 1 amide bonds. The van der Waals surface area contributed by atoms with Crippen molar-refractivity contribution in [3.63, 3.8) is 0 Å². The van der Waals surface area contributed by atoms with Crippen molar-refractivity contribution in [2.75, 3.05) is 40.9 Å². The topological polar surface area (TPSA) is 82.6 Å². The van der Waals surface area contributed by atoms with E-state index in [1.165, 1.54) is 4.31 Å². The number of sulfonamides is 1. The number of benzene rings is 1. The Morgan fingerprint density at radius 3 is 2.64 bits per heavy atom. The predicted molar refractivity (Wildman–Crippen MR) is 98.7 cm³/mol. The molecule has 0 atom stereocenters. The van der Waals surface area contributed by atoms with Crippen LogP contribution in [0.5, 0.6) is 0 Å². The number of carbonyl (C=O) groups is 1. The quantitative estimate of drug-likeness (QED) is 0.901. The van der Waals surface area contributed by atoms with Gasteiger partial charge in [-0.05, 0) is 36.8 Å². The Labute approximate surface area is 147 Å². The van der Waals surface area contributed by atoms with Crippen molar-refractivity contribution in [1.29, 1.82) is 0 Å². The van der Waals surface area contributed by atoms with Gasteiger partial charge >= 0.3 is 0 Å². The largest absolute Gasteiger partial charge is 0.363 e. The van der Waals surface area contributed by atoms with Gasteiger partial charge < -0.3 is 10.2 Å². The molecule has 25 heavy (non-hydrogen) atoms. The van der Waals surface area contributed by atoms with E-state index in [1.807, 2.05) is 25.1 Å². The fourth-order valence-corrected chi connectivity index (χ4v) is 4.22. The normalized spacial score (nSPS) is 15.8. The van der Waals surface area contributed by atoms with Gasteiger partial charge in [0.1, 0.15) is 5.82 Å². The SMILES string of the molecule is CN(C)c1ccc(NC(=O)c2cccc(N3CCCS3(=O)=O)c2)cn1. The highest BCUT2D eigenvalue weighted by molar-refractivity contribution is 7.93. The van der Waals surface area contributed by atoms with Crippen LogP contribution in [0.2, 0.25) is 0 Å². The molecule has 0 unspecified atom stereocenters. The van der Waals surface area contributed by atoms with Gasteiger partial charge in [-0.1, -0.05) is 6.07 Å². The van der Waals surface area contributed by atoms with E-state index < -0.39 is 10.0 Å². The molecule has 1 N–H and O–H groups in total. The van der Waals surface area contributed by atoms with Crippen LogP contribution >= 0.6 is 0 Å². The van der Waals surface area contributed by atoms with Crippen molar-refractivity contribution in [1.82, 2.24) is 4.98 Å². The second kappa shape index (κ2) is 6.72. The molecule has 2 heterocycles. The zero-order chi connectivity index (χ0) is 18.0. The summed E-state index contributed by atoms with van der Waals surface area (Å²) in [4.78, 5) is 18.6. The molecule has 1 saturated heterocycles. The number of anilines is 3. The average Bonchev–Trinajstić information content (AvgIpc) is 2.94. The van der Waals surface area contributed by atoms with Crippen LogP contribution in [0.4, 0.5) is 17.2 Å². The molecule has 2 aromatic rings. The smallest absolute Gasteiger partial charge is 0.255 e. The lowest BCUT2D eigenvalue weighted by Gasteiger charge is -2.17. The van der Waals surface area contributed by atoms with Crippen molar-refractivity contribution >= 4 is 33.1 Å². The Kier molecular flexibility index (Phi) is 4.63. The summed E-state index contributed by atoms with van der Waals surface area (Å²) in [6.45, 7) is 0.448. The lowest BCUT2D eigenvalue weighted by atomic mass is 10.2. The van der Waals surface area contributed by atoms with E-state index in [4.69, 9.17) is 0 Å². The van der Waals surface area contributed by atoms with E-state index in [0.717, 1.165) is 5.82 Å². The molecule has 8 heteroatoms. The van der Waals surface area contributed by atoms with Crippen molar-refractivity contribution in [2.45, 2.75) is 6.42 Å². The predicted octanol–water partition coefficient (Wildman–Crippen LogP) is 1.94. The summed E-state index contributed by atoms with van der Waals surface area (Å²) < 4.78 is 25.4. The van der Waals surface area contributed by atoms with E-state index in [1.54, 1.807) is 36.5 Å². The van der Waals surface area contributed by atoms with E-state index in [-0.39, 0.29) is 11.7 Å². The minimum Gasteiger partial charge on any atom is -0.363 e. The van der Waals surface area contributed by atoms with Crippen molar-refractivity contribution in [2.24, 2.45) is 0 Å².